The molecular weight excluding hydrogens is 706 g/mol. The fourth-order valence-corrected chi connectivity index (χ4v) is 6.42. The van der Waals surface area contributed by atoms with E-state index in [0.717, 1.165) is 28.7 Å². The molecule has 5 N–H and O–H groups in total. The van der Waals surface area contributed by atoms with Crippen molar-refractivity contribution in [1.82, 2.24) is 20.4 Å². The number of likely N-dealkylation sites (N-methyl/N-ethyl adjacent to an activating group) is 1. The average Bonchev–Trinajstić information content (AvgIpc) is 3.54. The van der Waals surface area contributed by atoms with Crippen molar-refractivity contribution < 1.29 is 47.4 Å². The summed E-state index contributed by atoms with van der Waals surface area (Å²) < 4.78 is 34.9. The topological polar surface area (TPSA) is 186 Å². The van der Waals surface area contributed by atoms with E-state index in [1.165, 1.54) is 24.9 Å². The lowest BCUT2D eigenvalue weighted by Gasteiger charge is -2.35. The smallest absolute Gasteiger partial charge is 0.407 e. The lowest BCUT2D eigenvalue weighted by atomic mass is 9.90. The van der Waals surface area contributed by atoms with Gasteiger partial charge in [0.15, 0.2) is 0 Å². The Labute approximate surface area is 310 Å². The van der Waals surface area contributed by atoms with Crippen LogP contribution >= 0.6 is 0 Å². The summed E-state index contributed by atoms with van der Waals surface area (Å²) in [6.07, 6.45) is -0.517. The van der Waals surface area contributed by atoms with E-state index in [-0.39, 0.29) is 43.1 Å². The van der Waals surface area contributed by atoms with Crippen molar-refractivity contribution >= 4 is 47.0 Å². The summed E-state index contributed by atoms with van der Waals surface area (Å²) in [5.41, 5.74) is 1.13. The van der Waals surface area contributed by atoms with Gasteiger partial charge in [-0.2, -0.15) is 0 Å². The number of hydrogen-bond acceptors (Lipinski definition) is 7. The van der Waals surface area contributed by atoms with Gasteiger partial charge in [-0.25, -0.2) is 13.6 Å². The number of nitrogens with zero attached hydrogens (tertiary/aromatic N) is 2. The van der Waals surface area contributed by atoms with Gasteiger partial charge in [-0.3, -0.25) is 28.9 Å². The molecule has 1 fully saturated rings. The Hall–Kier alpha value is -5.90. The molecule has 16 heteroatoms. The Morgan fingerprint density at radius 3 is 2.28 bits per heavy atom. The highest BCUT2D eigenvalue weighted by molar-refractivity contribution is 6.01. The van der Waals surface area contributed by atoms with Crippen LogP contribution in [0.15, 0.2) is 66.7 Å². The molecule has 3 aromatic rings. The molecular formula is C38H42F2N6O8. The van der Waals surface area contributed by atoms with Gasteiger partial charge in [-0.1, -0.05) is 42.5 Å². The number of carboxylic acid groups (broad SMARTS) is 1. The van der Waals surface area contributed by atoms with Crippen molar-refractivity contribution in [3.63, 3.8) is 0 Å². The number of hydrogen-bond donors (Lipinski definition) is 5. The Kier molecular flexibility index (Phi) is 12.9. The van der Waals surface area contributed by atoms with Gasteiger partial charge in [-0.05, 0) is 66.6 Å². The summed E-state index contributed by atoms with van der Waals surface area (Å²) in [5, 5.41) is 19.8. The summed E-state index contributed by atoms with van der Waals surface area (Å²) in [5.74, 6) is -5.60. The Bertz CT molecular complexity index is 1870. The fourth-order valence-electron chi connectivity index (χ4n) is 6.42. The van der Waals surface area contributed by atoms with Crippen LogP contribution in [0.5, 0.6) is 0 Å². The number of ether oxygens (including phenoxy) is 1. The molecule has 2 heterocycles. The first-order chi connectivity index (χ1) is 25.8. The molecule has 0 aliphatic carbocycles. The molecule has 1 saturated heterocycles. The summed E-state index contributed by atoms with van der Waals surface area (Å²) in [7, 11) is 1.22. The minimum Gasteiger partial charge on any atom is -0.465 e. The third-order valence-corrected chi connectivity index (χ3v) is 9.56. The molecule has 0 spiro atoms. The molecule has 6 amide bonds. The van der Waals surface area contributed by atoms with Crippen LogP contribution < -0.4 is 21.3 Å². The van der Waals surface area contributed by atoms with Crippen LogP contribution in [-0.4, -0.2) is 89.4 Å². The minimum atomic E-state index is -1.46. The highest BCUT2D eigenvalue weighted by Crippen LogP contribution is 2.38. The van der Waals surface area contributed by atoms with Crippen LogP contribution in [0.25, 0.3) is 0 Å². The molecule has 14 nitrogen and oxygen atoms in total. The molecule has 3 aromatic carbocycles. The Morgan fingerprint density at radius 1 is 0.926 bits per heavy atom. The normalized spacial score (nSPS) is 16.4. The number of amides is 6. The van der Waals surface area contributed by atoms with E-state index in [2.05, 4.69) is 21.3 Å². The number of nitrogens with one attached hydrogen (secondary N) is 4. The maximum absolute atomic E-state index is 14.7. The number of benzene rings is 3. The SMILES string of the molecule is C[C@@H](C(=O)N[C@H](C(=O)N1Cc2ccc(NC(=O)CCNC(=O)Cc3ccccc3)cc2[C@H]1C(=O)Nc1c(F)cccc1F)C1CCOCC1)N(C)C(=O)O. The maximum Gasteiger partial charge on any atom is 0.407 e. The van der Waals surface area contributed by atoms with Gasteiger partial charge >= 0.3 is 6.09 Å². The van der Waals surface area contributed by atoms with E-state index in [4.69, 9.17) is 4.74 Å². The molecule has 2 aliphatic rings. The first-order valence-corrected chi connectivity index (χ1v) is 17.5. The van der Waals surface area contributed by atoms with E-state index in [9.17, 15) is 42.7 Å². The minimum absolute atomic E-state index is 0.0597. The lowest BCUT2D eigenvalue weighted by molar-refractivity contribution is -0.144. The highest BCUT2D eigenvalue weighted by atomic mass is 19.1. The van der Waals surface area contributed by atoms with Gasteiger partial charge in [-0.15, -0.1) is 0 Å². The van der Waals surface area contributed by atoms with Crippen molar-refractivity contribution in [1.29, 1.82) is 0 Å². The highest BCUT2D eigenvalue weighted by Gasteiger charge is 2.44. The number of rotatable bonds is 13. The van der Waals surface area contributed by atoms with Gasteiger partial charge in [0, 0.05) is 45.5 Å². The van der Waals surface area contributed by atoms with E-state index in [0.29, 0.717) is 31.6 Å². The molecule has 0 aromatic heterocycles. The molecule has 0 unspecified atom stereocenters. The van der Waals surface area contributed by atoms with Crippen molar-refractivity contribution in [3.05, 3.63) is 95.1 Å². The van der Waals surface area contributed by atoms with Crippen molar-refractivity contribution in [2.45, 2.75) is 57.3 Å². The molecule has 0 saturated carbocycles. The monoisotopic (exact) mass is 748 g/mol. The van der Waals surface area contributed by atoms with Crippen LogP contribution in [0, 0.1) is 17.6 Å². The Morgan fingerprint density at radius 2 is 1.61 bits per heavy atom. The largest absolute Gasteiger partial charge is 0.465 e. The van der Waals surface area contributed by atoms with E-state index >= 15 is 0 Å². The summed E-state index contributed by atoms with van der Waals surface area (Å²) in [6.45, 7) is 1.89. The number of carbonyl (C=O) groups is 6. The second kappa shape index (κ2) is 17.7. The van der Waals surface area contributed by atoms with E-state index in [1.807, 2.05) is 30.3 Å². The van der Waals surface area contributed by atoms with Gasteiger partial charge in [0.05, 0.1) is 6.42 Å². The number of halogens is 2. The molecule has 0 radical (unpaired) electrons. The first-order valence-electron chi connectivity index (χ1n) is 17.5. The number of carbonyl (C=O) groups excluding carboxylic acids is 5. The van der Waals surface area contributed by atoms with E-state index < -0.39 is 71.1 Å². The zero-order valence-electron chi connectivity index (χ0n) is 29.8. The van der Waals surface area contributed by atoms with Crippen molar-refractivity contribution in [3.8, 4) is 0 Å². The Balaban J connectivity index is 1.38. The van der Waals surface area contributed by atoms with Crippen LogP contribution in [-0.2, 0) is 41.7 Å². The van der Waals surface area contributed by atoms with Crippen LogP contribution in [0.3, 0.4) is 0 Å². The average molecular weight is 749 g/mol. The van der Waals surface area contributed by atoms with E-state index in [1.54, 1.807) is 12.1 Å². The number of anilines is 2. The second-order valence-corrected chi connectivity index (χ2v) is 13.2. The zero-order chi connectivity index (χ0) is 38.9. The van der Waals surface area contributed by atoms with Gasteiger partial charge in [0.1, 0.15) is 35.4 Å². The maximum atomic E-state index is 14.7. The number of para-hydroxylation sites is 1. The standard InChI is InChI=1S/C38H42F2N6O8/c1-22(45(2)38(52)53)35(49)43-32(24-14-17-54-18-15-24)37(51)46-21-25-11-12-26(42-30(47)13-16-41-31(48)19-23-7-4-3-5-8-23)20-27(25)34(46)36(50)44-33-28(39)9-6-10-29(33)40/h3-12,20,22,24,32,34H,13-19,21H2,1-2H3,(H,41,48)(H,42,47)(H,43,49)(H,44,50)(H,52,53)/t22-,32-,34-/m0/s1. The molecule has 2 aliphatic heterocycles. The predicted octanol–water partition coefficient (Wildman–Crippen LogP) is 3.58. The molecule has 3 atom stereocenters. The van der Waals surface area contributed by atoms with Crippen LogP contribution in [0.2, 0.25) is 0 Å². The fraction of sp³-hybridized carbons (Fsp3) is 0.368. The summed E-state index contributed by atoms with van der Waals surface area (Å²) in [6, 6.07) is 13.0. The van der Waals surface area contributed by atoms with Crippen LogP contribution in [0.4, 0.5) is 25.0 Å². The number of fused-ring (bicyclic) bond motifs is 1. The zero-order valence-corrected chi connectivity index (χ0v) is 29.8. The predicted molar refractivity (Wildman–Crippen MR) is 192 cm³/mol. The molecule has 5 rings (SSSR count). The summed E-state index contributed by atoms with van der Waals surface area (Å²) in [4.78, 5) is 80.6. The third kappa shape index (κ3) is 9.55. The van der Waals surface area contributed by atoms with Crippen molar-refractivity contribution in [2.24, 2.45) is 5.92 Å². The van der Waals surface area contributed by atoms with Gasteiger partial charge in [0.25, 0.3) is 5.91 Å². The lowest BCUT2D eigenvalue weighted by Crippen LogP contribution is -2.57. The molecule has 286 valence electrons. The van der Waals surface area contributed by atoms with Gasteiger partial charge in [0.2, 0.25) is 23.6 Å². The third-order valence-electron chi connectivity index (χ3n) is 9.56. The molecule has 0 bridgehead atoms. The quantitative estimate of drug-likeness (QED) is 0.176. The molecule has 54 heavy (non-hydrogen) atoms. The second-order valence-electron chi connectivity index (χ2n) is 13.2. The van der Waals surface area contributed by atoms with Crippen LogP contribution in [0.1, 0.15) is 48.9 Å². The van der Waals surface area contributed by atoms with Gasteiger partial charge < -0.3 is 36.0 Å². The first kappa shape index (κ1) is 39.3. The summed E-state index contributed by atoms with van der Waals surface area (Å²) >= 11 is 0. The van der Waals surface area contributed by atoms with Crippen molar-refractivity contribution in [2.75, 3.05) is 37.4 Å².